The topological polar surface area (TPSA) is 40.5 Å². The van der Waals surface area contributed by atoms with Crippen LogP contribution in [0.4, 0.5) is 5.69 Å². The van der Waals surface area contributed by atoms with Crippen molar-refractivity contribution in [2.45, 2.75) is 20.3 Å². The van der Waals surface area contributed by atoms with E-state index in [9.17, 15) is 4.79 Å². The van der Waals surface area contributed by atoms with Gasteiger partial charge in [0.25, 0.3) is 0 Å². The molecule has 0 saturated carbocycles. The average molecular weight is 207 g/mol. The number of carbonyl (C=O) groups is 1. The molecule has 1 N–H and O–H groups in total. The summed E-state index contributed by atoms with van der Waals surface area (Å²) in [6.07, 6.45) is 0.0900. The smallest absolute Gasteiger partial charge is 0.307 e. The van der Waals surface area contributed by atoms with Crippen LogP contribution in [0.1, 0.15) is 19.4 Å². The van der Waals surface area contributed by atoms with E-state index >= 15 is 0 Å². The second-order valence-electron chi connectivity index (χ2n) is 3.37. The SMILES string of the molecule is CCN(CC)c1ccccc1CC(=O)O. The fourth-order valence-electron chi connectivity index (χ4n) is 1.70. The second kappa shape index (κ2) is 5.39. The van der Waals surface area contributed by atoms with Gasteiger partial charge in [0.2, 0.25) is 0 Å². The summed E-state index contributed by atoms with van der Waals surface area (Å²) in [7, 11) is 0. The molecular formula is C12H17NO2. The van der Waals surface area contributed by atoms with Crippen molar-refractivity contribution >= 4 is 11.7 Å². The molecule has 0 unspecified atom stereocenters. The van der Waals surface area contributed by atoms with Gasteiger partial charge in [0, 0.05) is 18.8 Å². The Kier molecular flexibility index (Phi) is 4.16. The van der Waals surface area contributed by atoms with Gasteiger partial charge in [-0.25, -0.2) is 0 Å². The van der Waals surface area contributed by atoms with Crippen LogP contribution in [-0.2, 0) is 11.2 Å². The van der Waals surface area contributed by atoms with Crippen molar-refractivity contribution in [3.05, 3.63) is 29.8 Å². The zero-order valence-corrected chi connectivity index (χ0v) is 9.23. The van der Waals surface area contributed by atoms with Crippen molar-refractivity contribution < 1.29 is 9.90 Å². The molecule has 3 heteroatoms. The summed E-state index contributed by atoms with van der Waals surface area (Å²) >= 11 is 0. The zero-order chi connectivity index (χ0) is 11.3. The Bertz CT molecular complexity index is 332. The van der Waals surface area contributed by atoms with E-state index in [1.165, 1.54) is 0 Å². The highest BCUT2D eigenvalue weighted by atomic mass is 16.4. The first-order chi connectivity index (χ1) is 7.19. The van der Waals surface area contributed by atoms with Gasteiger partial charge in [-0.15, -0.1) is 0 Å². The summed E-state index contributed by atoms with van der Waals surface area (Å²) in [6, 6.07) is 7.68. The zero-order valence-electron chi connectivity index (χ0n) is 9.23. The molecule has 1 aromatic carbocycles. The third-order valence-electron chi connectivity index (χ3n) is 2.44. The molecule has 0 heterocycles. The Morgan fingerprint density at radius 1 is 1.27 bits per heavy atom. The third kappa shape index (κ3) is 2.98. The normalized spacial score (nSPS) is 10.0. The number of nitrogens with zero attached hydrogens (tertiary/aromatic N) is 1. The molecule has 0 spiro atoms. The Morgan fingerprint density at radius 3 is 2.40 bits per heavy atom. The summed E-state index contributed by atoms with van der Waals surface area (Å²) < 4.78 is 0. The van der Waals surface area contributed by atoms with Crippen LogP contribution in [0.5, 0.6) is 0 Å². The molecule has 1 rings (SSSR count). The molecule has 0 amide bonds. The molecule has 0 radical (unpaired) electrons. The highest BCUT2D eigenvalue weighted by Crippen LogP contribution is 2.20. The summed E-state index contributed by atoms with van der Waals surface area (Å²) in [5.41, 5.74) is 1.92. The molecule has 15 heavy (non-hydrogen) atoms. The molecule has 0 aliphatic carbocycles. The van der Waals surface area contributed by atoms with Crippen LogP contribution in [0.15, 0.2) is 24.3 Å². The van der Waals surface area contributed by atoms with E-state index in [4.69, 9.17) is 5.11 Å². The lowest BCUT2D eigenvalue weighted by Gasteiger charge is -2.23. The van der Waals surface area contributed by atoms with E-state index < -0.39 is 5.97 Å². The third-order valence-corrected chi connectivity index (χ3v) is 2.44. The Hall–Kier alpha value is -1.51. The minimum atomic E-state index is -0.783. The first-order valence-corrected chi connectivity index (χ1v) is 5.23. The summed E-state index contributed by atoms with van der Waals surface area (Å²) in [5.74, 6) is -0.783. The largest absolute Gasteiger partial charge is 0.481 e. The van der Waals surface area contributed by atoms with Crippen molar-refractivity contribution in [2.24, 2.45) is 0 Å². The minimum Gasteiger partial charge on any atom is -0.481 e. The second-order valence-corrected chi connectivity index (χ2v) is 3.37. The van der Waals surface area contributed by atoms with Crippen LogP contribution in [0.2, 0.25) is 0 Å². The monoisotopic (exact) mass is 207 g/mol. The predicted molar refractivity (Wildman–Crippen MR) is 61.3 cm³/mol. The average Bonchev–Trinajstić information content (AvgIpc) is 2.21. The van der Waals surface area contributed by atoms with Crippen molar-refractivity contribution in [3.63, 3.8) is 0 Å². The predicted octanol–water partition coefficient (Wildman–Crippen LogP) is 2.16. The first-order valence-electron chi connectivity index (χ1n) is 5.23. The van der Waals surface area contributed by atoms with Gasteiger partial charge >= 0.3 is 5.97 Å². The van der Waals surface area contributed by atoms with Gasteiger partial charge in [-0.05, 0) is 25.5 Å². The molecule has 0 aliphatic heterocycles. The van der Waals surface area contributed by atoms with Gasteiger partial charge in [0.15, 0.2) is 0 Å². The lowest BCUT2D eigenvalue weighted by atomic mass is 10.1. The van der Waals surface area contributed by atoms with Crippen LogP contribution in [0, 0.1) is 0 Å². The number of rotatable bonds is 5. The molecular weight excluding hydrogens is 190 g/mol. The maximum atomic E-state index is 10.7. The standard InChI is InChI=1S/C12H17NO2/c1-3-13(4-2)11-8-6-5-7-10(11)9-12(14)15/h5-8H,3-4,9H2,1-2H3,(H,14,15). The fraction of sp³-hybridized carbons (Fsp3) is 0.417. The lowest BCUT2D eigenvalue weighted by molar-refractivity contribution is -0.136. The lowest BCUT2D eigenvalue weighted by Crippen LogP contribution is -2.23. The Labute approximate surface area is 90.3 Å². The number of carboxylic acids is 1. The molecule has 0 aromatic heterocycles. The van der Waals surface area contributed by atoms with Crippen molar-refractivity contribution in [1.29, 1.82) is 0 Å². The van der Waals surface area contributed by atoms with Crippen molar-refractivity contribution in [1.82, 2.24) is 0 Å². The molecule has 0 atom stereocenters. The van der Waals surface area contributed by atoms with E-state index in [2.05, 4.69) is 18.7 Å². The van der Waals surface area contributed by atoms with Gasteiger partial charge in [0.05, 0.1) is 6.42 Å². The summed E-state index contributed by atoms with van der Waals surface area (Å²) in [4.78, 5) is 12.9. The number of benzene rings is 1. The fourth-order valence-corrected chi connectivity index (χ4v) is 1.70. The molecule has 0 aliphatic rings. The highest BCUT2D eigenvalue weighted by Gasteiger charge is 2.09. The van der Waals surface area contributed by atoms with Gasteiger partial charge < -0.3 is 10.0 Å². The van der Waals surface area contributed by atoms with Crippen molar-refractivity contribution in [3.8, 4) is 0 Å². The number of aliphatic carboxylic acids is 1. The van der Waals surface area contributed by atoms with Gasteiger partial charge in [-0.2, -0.15) is 0 Å². The number of anilines is 1. The number of para-hydroxylation sites is 1. The summed E-state index contributed by atoms with van der Waals surface area (Å²) in [5, 5.41) is 8.80. The minimum absolute atomic E-state index is 0.0900. The van der Waals surface area contributed by atoms with E-state index in [1.54, 1.807) is 0 Å². The van der Waals surface area contributed by atoms with Crippen LogP contribution in [0.25, 0.3) is 0 Å². The van der Waals surface area contributed by atoms with Crippen LogP contribution < -0.4 is 4.90 Å². The maximum absolute atomic E-state index is 10.7. The maximum Gasteiger partial charge on any atom is 0.307 e. The molecule has 82 valence electrons. The van der Waals surface area contributed by atoms with Crippen LogP contribution in [0.3, 0.4) is 0 Å². The Morgan fingerprint density at radius 2 is 1.87 bits per heavy atom. The highest BCUT2D eigenvalue weighted by molar-refractivity contribution is 5.73. The molecule has 1 aromatic rings. The molecule has 3 nitrogen and oxygen atoms in total. The van der Waals surface area contributed by atoms with E-state index in [-0.39, 0.29) is 6.42 Å². The molecule has 0 saturated heterocycles. The Balaban J connectivity index is 2.99. The van der Waals surface area contributed by atoms with Crippen LogP contribution >= 0.6 is 0 Å². The van der Waals surface area contributed by atoms with Crippen LogP contribution in [-0.4, -0.2) is 24.2 Å². The van der Waals surface area contributed by atoms with Gasteiger partial charge in [-0.3, -0.25) is 4.79 Å². The number of carboxylic acid groups (broad SMARTS) is 1. The van der Waals surface area contributed by atoms with E-state index in [1.807, 2.05) is 24.3 Å². The van der Waals surface area contributed by atoms with Gasteiger partial charge in [0.1, 0.15) is 0 Å². The molecule has 0 bridgehead atoms. The van der Waals surface area contributed by atoms with E-state index in [0.717, 1.165) is 24.3 Å². The summed E-state index contributed by atoms with van der Waals surface area (Å²) in [6.45, 7) is 5.93. The number of hydrogen-bond donors (Lipinski definition) is 1. The van der Waals surface area contributed by atoms with Crippen molar-refractivity contribution in [2.75, 3.05) is 18.0 Å². The quantitative estimate of drug-likeness (QED) is 0.804. The number of hydrogen-bond acceptors (Lipinski definition) is 2. The van der Waals surface area contributed by atoms with E-state index in [0.29, 0.717) is 0 Å². The first kappa shape index (κ1) is 11.6. The van der Waals surface area contributed by atoms with Gasteiger partial charge in [-0.1, -0.05) is 18.2 Å². The molecule has 0 fully saturated rings.